The van der Waals surface area contributed by atoms with E-state index in [1.165, 1.54) is 12.1 Å². The number of carbonyl (C=O) groups is 1. The van der Waals surface area contributed by atoms with Crippen molar-refractivity contribution < 1.29 is 4.79 Å². The summed E-state index contributed by atoms with van der Waals surface area (Å²) < 4.78 is 0. The van der Waals surface area contributed by atoms with Crippen molar-refractivity contribution in [3.63, 3.8) is 0 Å². The van der Waals surface area contributed by atoms with Crippen LogP contribution in [0.2, 0.25) is 0 Å². The number of H-pyrrole nitrogens is 1. The van der Waals surface area contributed by atoms with E-state index < -0.39 is 0 Å². The molecule has 1 saturated heterocycles. The molecule has 1 spiro atoms. The third-order valence-corrected chi connectivity index (χ3v) is 5.95. The van der Waals surface area contributed by atoms with Crippen molar-refractivity contribution in [3.05, 3.63) is 50.6 Å². The van der Waals surface area contributed by atoms with Gasteiger partial charge in [0.05, 0.1) is 0 Å². The summed E-state index contributed by atoms with van der Waals surface area (Å²) in [5.74, 6) is -0.0992. The van der Waals surface area contributed by atoms with Crippen LogP contribution in [0.4, 0.5) is 0 Å². The molecule has 3 heterocycles. The van der Waals surface area contributed by atoms with Gasteiger partial charge < -0.3 is 10.2 Å². The first kappa shape index (κ1) is 15.5. The Labute approximate surface area is 143 Å². The SMILES string of the molecule is O=C(c1ccc(=O)[nH]n1)N(Cc1ccsc1)C1CC12CCNCC2. The average Bonchev–Trinajstić information content (AvgIpc) is 3.04. The van der Waals surface area contributed by atoms with Crippen molar-refractivity contribution in [3.8, 4) is 0 Å². The zero-order valence-electron chi connectivity index (χ0n) is 13.3. The molecule has 2 aromatic heterocycles. The van der Waals surface area contributed by atoms with Crippen LogP contribution in [-0.4, -0.2) is 40.1 Å². The quantitative estimate of drug-likeness (QED) is 0.883. The molecule has 4 rings (SSSR count). The molecule has 0 aromatic carbocycles. The van der Waals surface area contributed by atoms with Gasteiger partial charge in [0.25, 0.3) is 11.5 Å². The zero-order valence-corrected chi connectivity index (χ0v) is 14.1. The summed E-state index contributed by atoms with van der Waals surface area (Å²) in [4.78, 5) is 26.2. The lowest BCUT2D eigenvalue weighted by atomic mass is 9.93. The summed E-state index contributed by atoms with van der Waals surface area (Å²) in [5, 5.41) is 13.8. The van der Waals surface area contributed by atoms with Gasteiger partial charge in [-0.25, -0.2) is 5.10 Å². The van der Waals surface area contributed by atoms with E-state index in [1.807, 2.05) is 10.3 Å². The van der Waals surface area contributed by atoms with Crippen molar-refractivity contribution in [1.29, 1.82) is 0 Å². The maximum absolute atomic E-state index is 13.0. The van der Waals surface area contributed by atoms with Crippen LogP contribution in [0.15, 0.2) is 33.8 Å². The molecule has 1 unspecified atom stereocenters. The van der Waals surface area contributed by atoms with Crippen LogP contribution < -0.4 is 10.9 Å². The van der Waals surface area contributed by atoms with Crippen LogP contribution in [0.5, 0.6) is 0 Å². The highest BCUT2D eigenvalue weighted by Gasteiger charge is 2.57. The molecule has 1 saturated carbocycles. The molecule has 2 aromatic rings. The molecule has 0 bridgehead atoms. The predicted molar refractivity (Wildman–Crippen MR) is 92.0 cm³/mol. The van der Waals surface area contributed by atoms with E-state index in [2.05, 4.69) is 27.0 Å². The highest BCUT2D eigenvalue weighted by molar-refractivity contribution is 7.07. The fourth-order valence-electron chi connectivity index (χ4n) is 3.74. The number of aromatic nitrogens is 2. The molecule has 6 nitrogen and oxygen atoms in total. The fourth-order valence-corrected chi connectivity index (χ4v) is 4.40. The number of rotatable bonds is 4. The van der Waals surface area contributed by atoms with E-state index >= 15 is 0 Å². The number of carbonyl (C=O) groups excluding carboxylic acids is 1. The number of amides is 1. The molecule has 0 radical (unpaired) electrons. The Morgan fingerprint density at radius 2 is 2.17 bits per heavy atom. The van der Waals surface area contributed by atoms with Crippen LogP contribution >= 0.6 is 11.3 Å². The second kappa shape index (κ2) is 6.14. The van der Waals surface area contributed by atoms with Gasteiger partial charge in [0.15, 0.2) is 0 Å². The lowest BCUT2D eigenvalue weighted by Crippen LogP contribution is -2.39. The van der Waals surface area contributed by atoms with Gasteiger partial charge in [0.2, 0.25) is 0 Å². The Bertz CT molecular complexity index is 760. The van der Waals surface area contributed by atoms with Crippen LogP contribution in [-0.2, 0) is 6.54 Å². The summed E-state index contributed by atoms with van der Waals surface area (Å²) in [6, 6.07) is 5.19. The second-order valence-electron chi connectivity index (χ2n) is 6.70. The molecule has 1 atom stereocenters. The van der Waals surface area contributed by atoms with E-state index in [0.29, 0.717) is 12.2 Å². The summed E-state index contributed by atoms with van der Waals surface area (Å²) in [6.45, 7) is 2.64. The van der Waals surface area contributed by atoms with Gasteiger partial charge in [-0.15, -0.1) is 0 Å². The number of nitrogens with zero attached hydrogens (tertiary/aromatic N) is 2. The molecule has 2 fully saturated rings. The van der Waals surface area contributed by atoms with Crippen molar-refractivity contribution in [2.45, 2.75) is 31.8 Å². The van der Waals surface area contributed by atoms with Gasteiger partial charge in [-0.05, 0) is 66.2 Å². The van der Waals surface area contributed by atoms with Gasteiger partial charge in [-0.2, -0.15) is 16.4 Å². The molecular formula is C17H20N4O2S. The van der Waals surface area contributed by atoms with Gasteiger partial charge in [0, 0.05) is 18.7 Å². The molecule has 2 aliphatic rings. The highest BCUT2D eigenvalue weighted by Crippen LogP contribution is 2.56. The first-order valence-corrected chi connectivity index (χ1v) is 9.21. The molecule has 24 heavy (non-hydrogen) atoms. The number of aromatic amines is 1. The smallest absolute Gasteiger partial charge is 0.274 e. The maximum Gasteiger partial charge on any atom is 0.274 e. The summed E-state index contributed by atoms with van der Waals surface area (Å²) in [5.41, 5.74) is 1.42. The highest BCUT2D eigenvalue weighted by atomic mass is 32.1. The monoisotopic (exact) mass is 344 g/mol. The van der Waals surface area contributed by atoms with E-state index in [0.717, 1.165) is 37.9 Å². The van der Waals surface area contributed by atoms with Gasteiger partial charge >= 0.3 is 0 Å². The standard InChI is InChI=1S/C17H20N4O2S/c22-15-2-1-13(19-20-15)16(23)21(10-12-3-8-24-11-12)14-9-17(14)4-6-18-7-5-17/h1-3,8,11,14,18H,4-7,9-10H2,(H,20,22). The summed E-state index contributed by atoms with van der Waals surface area (Å²) >= 11 is 1.64. The number of hydrogen-bond acceptors (Lipinski definition) is 5. The third kappa shape index (κ3) is 2.89. The molecule has 1 amide bonds. The van der Waals surface area contributed by atoms with Gasteiger partial charge in [-0.1, -0.05) is 0 Å². The molecule has 1 aliphatic heterocycles. The third-order valence-electron chi connectivity index (χ3n) is 5.21. The van der Waals surface area contributed by atoms with Crippen LogP contribution in [0.3, 0.4) is 0 Å². The van der Waals surface area contributed by atoms with E-state index in [9.17, 15) is 9.59 Å². The lowest BCUT2D eigenvalue weighted by molar-refractivity contribution is 0.0685. The van der Waals surface area contributed by atoms with Crippen molar-refractivity contribution >= 4 is 17.2 Å². The predicted octanol–water partition coefficient (Wildman–Crippen LogP) is 1.62. The summed E-state index contributed by atoms with van der Waals surface area (Å²) in [7, 11) is 0. The van der Waals surface area contributed by atoms with Crippen LogP contribution in [0, 0.1) is 5.41 Å². The molecular weight excluding hydrogens is 324 g/mol. The number of thiophene rings is 1. The fraction of sp³-hybridized carbons (Fsp3) is 0.471. The van der Waals surface area contributed by atoms with Gasteiger partial charge in [0.1, 0.15) is 5.69 Å². The Balaban J connectivity index is 1.59. The van der Waals surface area contributed by atoms with E-state index in [-0.39, 0.29) is 22.9 Å². The van der Waals surface area contributed by atoms with Crippen molar-refractivity contribution in [2.75, 3.05) is 13.1 Å². The minimum absolute atomic E-state index is 0.0992. The molecule has 7 heteroatoms. The number of nitrogens with one attached hydrogen (secondary N) is 2. The number of piperidine rings is 1. The zero-order chi connectivity index (χ0) is 16.6. The minimum atomic E-state index is -0.294. The van der Waals surface area contributed by atoms with E-state index in [1.54, 1.807) is 11.3 Å². The normalized spacial score (nSPS) is 21.6. The second-order valence-corrected chi connectivity index (χ2v) is 7.48. The first-order valence-electron chi connectivity index (χ1n) is 8.26. The minimum Gasteiger partial charge on any atom is -0.329 e. The lowest BCUT2D eigenvalue weighted by Gasteiger charge is -2.29. The Kier molecular flexibility index (Phi) is 3.97. The number of hydrogen-bond donors (Lipinski definition) is 2. The van der Waals surface area contributed by atoms with Gasteiger partial charge in [-0.3, -0.25) is 9.59 Å². The maximum atomic E-state index is 13.0. The average molecular weight is 344 g/mol. The first-order chi connectivity index (χ1) is 11.7. The van der Waals surface area contributed by atoms with Crippen LogP contribution in [0.25, 0.3) is 0 Å². The van der Waals surface area contributed by atoms with Crippen molar-refractivity contribution in [2.24, 2.45) is 5.41 Å². The van der Waals surface area contributed by atoms with E-state index in [4.69, 9.17) is 0 Å². The Hall–Kier alpha value is -1.99. The topological polar surface area (TPSA) is 78.1 Å². The largest absolute Gasteiger partial charge is 0.329 e. The Morgan fingerprint density at radius 3 is 2.83 bits per heavy atom. The van der Waals surface area contributed by atoms with Crippen molar-refractivity contribution in [1.82, 2.24) is 20.4 Å². The molecule has 2 N–H and O–H groups in total. The van der Waals surface area contributed by atoms with Crippen LogP contribution in [0.1, 0.15) is 35.3 Å². The Morgan fingerprint density at radius 1 is 1.33 bits per heavy atom. The molecule has 1 aliphatic carbocycles. The molecule has 126 valence electrons. The summed E-state index contributed by atoms with van der Waals surface area (Å²) in [6.07, 6.45) is 3.29.